The summed E-state index contributed by atoms with van der Waals surface area (Å²) in [6, 6.07) is 5.81. The molecule has 0 aromatic heterocycles. The van der Waals surface area contributed by atoms with E-state index in [1.54, 1.807) is 7.11 Å². The fraction of sp³-hybridized carbons (Fsp3) is 0.538. The van der Waals surface area contributed by atoms with Crippen LogP contribution in [0, 0.1) is 5.92 Å². The van der Waals surface area contributed by atoms with Crippen molar-refractivity contribution in [2.24, 2.45) is 5.92 Å². The number of methoxy groups -OCH3 is 1. The SMILES string of the molecule is COc1ccc(C(O)C2CCCC2)cc1Br. The van der Waals surface area contributed by atoms with Gasteiger partial charge in [0.05, 0.1) is 17.7 Å². The van der Waals surface area contributed by atoms with E-state index < -0.39 is 0 Å². The van der Waals surface area contributed by atoms with Gasteiger partial charge in [-0.3, -0.25) is 0 Å². The number of hydrogen-bond donors (Lipinski definition) is 1. The van der Waals surface area contributed by atoms with Crippen molar-refractivity contribution in [2.45, 2.75) is 31.8 Å². The van der Waals surface area contributed by atoms with Crippen molar-refractivity contribution in [3.05, 3.63) is 28.2 Å². The lowest BCUT2D eigenvalue weighted by molar-refractivity contribution is 0.111. The minimum absolute atomic E-state index is 0.329. The van der Waals surface area contributed by atoms with Crippen molar-refractivity contribution in [2.75, 3.05) is 7.11 Å². The lowest BCUT2D eigenvalue weighted by Crippen LogP contribution is -2.08. The molecule has 1 aliphatic carbocycles. The van der Waals surface area contributed by atoms with Crippen LogP contribution in [0.1, 0.15) is 37.4 Å². The highest BCUT2D eigenvalue weighted by molar-refractivity contribution is 9.10. The highest BCUT2D eigenvalue weighted by Gasteiger charge is 2.24. The van der Waals surface area contributed by atoms with Gasteiger partial charge < -0.3 is 9.84 Å². The van der Waals surface area contributed by atoms with E-state index in [9.17, 15) is 5.11 Å². The quantitative estimate of drug-likeness (QED) is 0.918. The predicted molar refractivity (Wildman–Crippen MR) is 67.6 cm³/mol. The topological polar surface area (TPSA) is 29.5 Å². The average molecular weight is 285 g/mol. The summed E-state index contributed by atoms with van der Waals surface area (Å²) in [5.41, 5.74) is 0.986. The van der Waals surface area contributed by atoms with Crippen LogP contribution in [0.3, 0.4) is 0 Å². The van der Waals surface area contributed by atoms with Crippen molar-refractivity contribution in [1.29, 1.82) is 0 Å². The number of benzene rings is 1. The van der Waals surface area contributed by atoms with E-state index in [-0.39, 0.29) is 6.10 Å². The summed E-state index contributed by atoms with van der Waals surface area (Å²) in [6.07, 6.45) is 4.46. The molecule has 1 atom stereocenters. The Hall–Kier alpha value is -0.540. The number of rotatable bonds is 3. The van der Waals surface area contributed by atoms with Gasteiger partial charge in [0.25, 0.3) is 0 Å². The molecule has 0 aliphatic heterocycles. The van der Waals surface area contributed by atoms with E-state index in [2.05, 4.69) is 15.9 Å². The minimum Gasteiger partial charge on any atom is -0.496 e. The van der Waals surface area contributed by atoms with Crippen LogP contribution in [0.5, 0.6) is 5.75 Å². The van der Waals surface area contributed by atoms with E-state index in [4.69, 9.17) is 4.74 Å². The van der Waals surface area contributed by atoms with Crippen LogP contribution in [0.4, 0.5) is 0 Å². The first kappa shape index (κ1) is 11.9. The Morgan fingerprint density at radius 1 is 1.38 bits per heavy atom. The Labute approximate surface area is 105 Å². The maximum atomic E-state index is 10.2. The van der Waals surface area contributed by atoms with Gasteiger partial charge in [0.15, 0.2) is 0 Å². The van der Waals surface area contributed by atoms with Gasteiger partial charge in [0.2, 0.25) is 0 Å². The van der Waals surface area contributed by atoms with Crippen LogP contribution < -0.4 is 4.74 Å². The molecule has 1 aliphatic rings. The molecule has 1 saturated carbocycles. The number of hydrogen-bond acceptors (Lipinski definition) is 2. The van der Waals surface area contributed by atoms with Gasteiger partial charge in [0.1, 0.15) is 5.75 Å². The van der Waals surface area contributed by atoms with Crippen LogP contribution in [-0.4, -0.2) is 12.2 Å². The third kappa shape index (κ3) is 2.41. The first-order valence-electron chi connectivity index (χ1n) is 5.74. The van der Waals surface area contributed by atoms with Crippen LogP contribution in [0.25, 0.3) is 0 Å². The summed E-state index contributed by atoms with van der Waals surface area (Å²) in [7, 11) is 1.65. The number of aliphatic hydroxyl groups excluding tert-OH is 1. The van der Waals surface area contributed by atoms with E-state index in [0.29, 0.717) is 5.92 Å². The first-order valence-corrected chi connectivity index (χ1v) is 6.53. The highest BCUT2D eigenvalue weighted by Crippen LogP contribution is 2.37. The molecule has 0 bridgehead atoms. The van der Waals surface area contributed by atoms with E-state index in [1.807, 2.05) is 18.2 Å². The third-order valence-electron chi connectivity index (χ3n) is 3.36. The normalized spacial score (nSPS) is 18.7. The van der Waals surface area contributed by atoms with Crippen molar-refractivity contribution >= 4 is 15.9 Å². The fourth-order valence-corrected chi connectivity index (χ4v) is 2.97. The van der Waals surface area contributed by atoms with Crippen molar-refractivity contribution < 1.29 is 9.84 Å². The largest absolute Gasteiger partial charge is 0.496 e. The molecule has 0 spiro atoms. The molecular weight excluding hydrogens is 268 g/mol. The number of ether oxygens (including phenoxy) is 1. The Balaban J connectivity index is 2.16. The predicted octanol–water partition coefficient (Wildman–Crippen LogP) is 3.68. The van der Waals surface area contributed by atoms with Gasteiger partial charge in [-0.25, -0.2) is 0 Å². The molecule has 0 saturated heterocycles. The van der Waals surface area contributed by atoms with Gasteiger partial charge >= 0.3 is 0 Å². The molecule has 0 amide bonds. The smallest absolute Gasteiger partial charge is 0.133 e. The van der Waals surface area contributed by atoms with Crippen molar-refractivity contribution in [3.63, 3.8) is 0 Å². The molecule has 1 fully saturated rings. The van der Waals surface area contributed by atoms with Gasteiger partial charge in [-0.05, 0) is 52.4 Å². The Morgan fingerprint density at radius 2 is 2.06 bits per heavy atom. The molecule has 2 nitrogen and oxygen atoms in total. The molecule has 1 unspecified atom stereocenters. The second-order valence-corrected chi connectivity index (χ2v) is 5.24. The zero-order chi connectivity index (χ0) is 11.5. The summed E-state index contributed by atoms with van der Waals surface area (Å²) in [4.78, 5) is 0. The van der Waals surface area contributed by atoms with E-state index >= 15 is 0 Å². The van der Waals surface area contributed by atoms with Crippen LogP contribution >= 0.6 is 15.9 Å². The third-order valence-corrected chi connectivity index (χ3v) is 3.98. The number of halogens is 1. The maximum absolute atomic E-state index is 10.2. The van der Waals surface area contributed by atoms with Crippen molar-refractivity contribution in [1.82, 2.24) is 0 Å². The lowest BCUT2D eigenvalue weighted by atomic mass is 9.94. The summed E-state index contributed by atoms with van der Waals surface area (Å²) in [5, 5.41) is 10.2. The molecule has 88 valence electrons. The van der Waals surface area contributed by atoms with Crippen LogP contribution in [-0.2, 0) is 0 Å². The second-order valence-electron chi connectivity index (χ2n) is 4.38. The zero-order valence-electron chi connectivity index (χ0n) is 9.45. The molecule has 16 heavy (non-hydrogen) atoms. The molecule has 0 heterocycles. The molecule has 1 N–H and O–H groups in total. The molecular formula is C13H17BrO2. The summed E-state index contributed by atoms with van der Waals surface area (Å²) >= 11 is 3.45. The maximum Gasteiger partial charge on any atom is 0.133 e. The average Bonchev–Trinajstić information content (AvgIpc) is 2.81. The fourth-order valence-electron chi connectivity index (χ4n) is 2.41. The lowest BCUT2D eigenvalue weighted by Gasteiger charge is -2.18. The summed E-state index contributed by atoms with van der Waals surface area (Å²) < 4.78 is 6.08. The second kappa shape index (κ2) is 5.19. The van der Waals surface area contributed by atoms with Gasteiger partial charge in [-0.15, -0.1) is 0 Å². The van der Waals surface area contributed by atoms with Crippen LogP contribution in [0.2, 0.25) is 0 Å². The molecule has 2 rings (SSSR count). The minimum atomic E-state index is -0.329. The van der Waals surface area contributed by atoms with E-state index in [0.717, 1.165) is 28.6 Å². The molecule has 3 heteroatoms. The van der Waals surface area contributed by atoms with Crippen molar-refractivity contribution in [3.8, 4) is 5.75 Å². The Kier molecular flexibility index (Phi) is 3.87. The molecule has 1 aromatic carbocycles. The standard InChI is InChI=1S/C13H17BrO2/c1-16-12-7-6-10(8-11(12)14)13(15)9-4-2-3-5-9/h6-9,13,15H,2-5H2,1H3. The van der Waals surface area contributed by atoms with E-state index in [1.165, 1.54) is 12.8 Å². The molecule has 0 radical (unpaired) electrons. The number of aliphatic hydroxyl groups is 1. The van der Waals surface area contributed by atoms with Gasteiger partial charge in [-0.2, -0.15) is 0 Å². The first-order chi connectivity index (χ1) is 7.72. The summed E-state index contributed by atoms with van der Waals surface area (Å²) in [6.45, 7) is 0. The monoisotopic (exact) mass is 284 g/mol. The molecule has 1 aromatic rings. The summed E-state index contributed by atoms with van der Waals surface area (Å²) in [5.74, 6) is 1.24. The Morgan fingerprint density at radius 3 is 2.62 bits per heavy atom. The zero-order valence-corrected chi connectivity index (χ0v) is 11.0. The van der Waals surface area contributed by atoms with Crippen LogP contribution in [0.15, 0.2) is 22.7 Å². The van der Waals surface area contributed by atoms with Gasteiger partial charge in [-0.1, -0.05) is 18.9 Å². The highest BCUT2D eigenvalue weighted by atomic mass is 79.9. The van der Waals surface area contributed by atoms with Gasteiger partial charge in [0, 0.05) is 0 Å². The Bertz CT molecular complexity index is 359.